The van der Waals surface area contributed by atoms with E-state index in [0.717, 1.165) is 44.3 Å². The summed E-state index contributed by atoms with van der Waals surface area (Å²) in [4.78, 5) is 29.1. The van der Waals surface area contributed by atoms with Gasteiger partial charge in [0.1, 0.15) is 17.7 Å². The van der Waals surface area contributed by atoms with E-state index < -0.39 is 0 Å². The molecule has 10 nitrogen and oxygen atoms in total. The minimum Gasteiger partial charge on any atom is -0.492 e. The number of benzene rings is 2. The van der Waals surface area contributed by atoms with E-state index in [9.17, 15) is 4.79 Å². The summed E-state index contributed by atoms with van der Waals surface area (Å²) in [7, 11) is 0. The van der Waals surface area contributed by atoms with Crippen molar-refractivity contribution in [3.8, 4) is 11.4 Å². The van der Waals surface area contributed by atoms with Crippen molar-refractivity contribution in [1.29, 1.82) is 0 Å². The third-order valence-electron chi connectivity index (χ3n) is 6.24. The summed E-state index contributed by atoms with van der Waals surface area (Å²) in [6.45, 7) is 4.93. The van der Waals surface area contributed by atoms with Crippen LogP contribution in [-0.2, 0) is 4.74 Å². The Kier molecular flexibility index (Phi) is 6.44. The van der Waals surface area contributed by atoms with Crippen molar-refractivity contribution in [2.45, 2.75) is 0 Å². The van der Waals surface area contributed by atoms with Crippen LogP contribution in [0.4, 0.5) is 11.6 Å². The minimum absolute atomic E-state index is 0.299. The van der Waals surface area contributed by atoms with Gasteiger partial charge in [0.15, 0.2) is 5.65 Å². The molecule has 1 aliphatic heterocycles. The van der Waals surface area contributed by atoms with Crippen molar-refractivity contribution in [2.75, 3.05) is 44.8 Å². The molecule has 6 rings (SSSR count). The molecule has 0 saturated carbocycles. The molecule has 0 spiro atoms. The van der Waals surface area contributed by atoms with Crippen LogP contribution in [0, 0.1) is 0 Å². The zero-order valence-corrected chi connectivity index (χ0v) is 20.6. The standard InChI is InChI=1S/C26H24ClN7O3/c27-21-3-1-2-4-22(21)34-24(35)20-17-29-25(31-23(20)33-10-9-28-26(33)34)30-18-5-7-19(8-6-18)37-16-13-32-11-14-36-15-12-32/h1-10,17H,11-16H2,(H,29,30,31). The zero-order valence-electron chi connectivity index (χ0n) is 19.9. The second-order valence-corrected chi connectivity index (χ2v) is 8.98. The topological polar surface area (TPSA) is 98.8 Å². The number of nitrogens with one attached hydrogen (secondary N) is 1. The Hall–Kier alpha value is -3.99. The first kappa shape index (κ1) is 23.4. The maximum absolute atomic E-state index is 13.4. The van der Waals surface area contributed by atoms with Crippen LogP contribution in [-0.4, -0.2) is 68.3 Å². The van der Waals surface area contributed by atoms with Gasteiger partial charge in [-0.3, -0.25) is 14.1 Å². The number of aromatic nitrogens is 5. The Morgan fingerprint density at radius 3 is 2.68 bits per heavy atom. The molecule has 1 saturated heterocycles. The van der Waals surface area contributed by atoms with Crippen LogP contribution >= 0.6 is 11.6 Å². The number of imidazole rings is 1. The number of halogens is 1. The molecule has 1 N–H and O–H groups in total. The molecule has 1 fully saturated rings. The van der Waals surface area contributed by atoms with Crippen molar-refractivity contribution in [1.82, 2.24) is 28.8 Å². The summed E-state index contributed by atoms with van der Waals surface area (Å²) in [5, 5.41) is 3.99. The summed E-state index contributed by atoms with van der Waals surface area (Å²) in [6.07, 6.45) is 4.89. The van der Waals surface area contributed by atoms with Crippen LogP contribution in [0.15, 0.2) is 71.9 Å². The summed E-state index contributed by atoms with van der Waals surface area (Å²) < 4.78 is 14.5. The Labute approximate surface area is 217 Å². The maximum atomic E-state index is 13.4. The molecule has 3 aromatic heterocycles. The predicted molar refractivity (Wildman–Crippen MR) is 141 cm³/mol. The molecule has 0 bridgehead atoms. The van der Waals surface area contributed by atoms with Crippen LogP contribution in [0.1, 0.15) is 0 Å². The molecule has 37 heavy (non-hydrogen) atoms. The Balaban J connectivity index is 1.23. The minimum atomic E-state index is -0.299. The average molecular weight is 518 g/mol. The summed E-state index contributed by atoms with van der Waals surface area (Å²) >= 11 is 6.39. The van der Waals surface area contributed by atoms with Gasteiger partial charge in [0.05, 0.1) is 23.9 Å². The lowest BCUT2D eigenvalue weighted by Gasteiger charge is -2.26. The van der Waals surface area contributed by atoms with Gasteiger partial charge in [0.25, 0.3) is 5.56 Å². The SMILES string of the molecule is O=c1c2cnc(Nc3ccc(OCCN4CCOCC4)cc3)nc2n2ccnc2n1-c1ccccc1Cl. The van der Waals surface area contributed by atoms with Gasteiger partial charge in [0.2, 0.25) is 11.7 Å². The summed E-state index contributed by atoms with van der Waals surface area (Å²) in [5.41, 5.74) is 1.49. The van der Waals surface area contributed by atoms with Crippen molar-refractivity contribution >= 4 is 40.0 Å². The highest BCUT2D eigenvalue weighted by Gasteiger charge is 2.17. The number of rotatable bonds is 7. The molecule has 0 radical (unpaired) electrons. The van der Waals surface area contributed by atoms with E-state index in [2.05, 4.69) is 25.2 Å². The fourth-order valence-electron chi connectivity index (χ4n) is 4.34. The first-order valence-corrected chi connectivity index (χ1v) is 12.3. The van der Waals surface area contributed by atoms with E-state index in [1.165, 1.54) is 10.8 Å². The molecule has 2 aromatic carbocycles. The molecule has 188 valence electrons. The lowest BCUT2D eigenvalue weighted by molar-refractivity contribution is 0.0322. The molecule has 0 atom stereocenters. The van der Waals surface area contributed by atoms with E-state index >= 15 is 0 Å². The quantitative estimate of drug-likeness (QED) is 0.350. The van der Waals surface area contributed by atoms with Crippen molar-refractivity contribution < 1.29 is 9.47 Å². The third-order valence-corrected chi connectivity index (χ3v) is 6.55. The molecule has 4 heterocycles. The Bertz CT molecular complexity index is 1610. The largest absolute Gasteiger partial charge is 0.492 e. The molecule has 0 aliphatic carbocycles. The number of nitrogens with zero attached hydrogens (tertiary/aromatic N) is 6. The van der Waals surface area contributed by atoms with Gasteiger partial charge in [-0.25, -0.2) is 14.5 Å². The van der Waals surface area contributed by atoms with Gasteiger partial charge in [-0.05, 0) is 36.4 Å². The van der Waals surface area contributed by atoms with E-state index in [1.54, 1.807) is 28.9 Å². The van der Waals surface area contributed by atoms with Gasteiger partial charge < -0.3 is 14.8 Å². The van der Waals surface area contributed by atoms with Crippen molar-refractivity contribution in [3.05, 3.63) is 82.5 Å². The third kappa shape index (κ3) is 4.74. The summed E-state index contributed by atoms with van der Waals surface area (Å²) in [6, 6.07) is 14.7. The van der Waals surface area contributed by atoms with E-state index in [1.807, 2.05) is 36.4 Å². The molecule has 11 heteroatoms. The Morgan fingerprint density at radius 2 is 1.86 bits per heavy atom. The molecule has 5 aromatic rings. The highest BCUT2D eigenvalue weighted by Crippen LogP contribution is 2.23. The van der Waals surface area contributed by atoms with Crippen molar-refractivity contribution in [2.24, 2.45) is 0 Å². The molecule has 0 unspecified atom stereocenters. The number of para-hydroxylation sites is 1. The van der Waals surface area contributed by atoms with Crippen LogP contribution in [0.5, 0.6) is 5.75 Å². The fraction of sp³-hybridized carbons (Fsp3) is 0.231. The van der Waals surface area contributed by atoms with E-state index in [4.69, 9.17) is 21.1 Å². The number of fused-ring (bicyclic) bond motifs is 3. The van der Waals surface area contributed by atoms with Crippen molar-refractivity contribution in [3.63, 3.8) is 0 Å². The smallest absolute Gasteiger partial charge is 0.270 e. The average Bonchev–Trinajstić information content (AvgIpc) is 3.41. The van der Waals surface area contributed by atoms with Gasteiger partial charge in [-0.2, -0.15) is 4.98 Å². The molecular formula is C26H24ClN7O3. The van der Waals surface area contributed by atoms with Crippen LogP contribution in [0.3, 0.4) is 0 Å². The highest BCUT2D eigenvalue weighted by molar-refractivity contribution is 6.32. The molecule has 0 amide bonds. The number of morpholine rings is 1. The summed E-state index contributed by atoms with van der Waals surface area (Å²) in [5.74, 6) is 1.56. The van der Waals surface area contributed by atoms with Crippen LogP contribution in [0.25, 0.3) is 22.5 Å². The normalized spacial score (nSPS) is 14.3. The molecule has 1 aliphatic rings. The predicted octanol–water partition coefficient (Wildman–Crippen LogP) is 3.54. The lowest BCUT2D eigenvalue weighted by Crippen LogP contribution is -2.38. The monoisotopic (exact) mass is 517 g/mol. The maximum Gasteiger partial charge on any atom is 0.270 e. The number of anilines is 2. The first-order chi connectivity index (χ1) is 18.2. The first-order valence-electron chi connectivity index (χ1n) is 12.0. The van der Waals surface area contributed by atoms with Gasteiger partial charge in [-0.15, -0.1) is 0 Å². The van der Waals surface area contributed by atoms with Gasteiger partial charge >= 0.3 is 0 Å². The van der Waals surface area contributed by atoms with E-state index in [-0.39, 0.29) is 5.56 Å². The number of hydrogen-bond donors (Lipinski definition) is 1. The number of hydrogen-bond acceptors (Lipinski definition) is 8. The zero-order chi connectivity index (χ0) is 25.2. The fourth-order valence-corrected chi connectivity index (χ4v) is 4.56. The van der Waals surface area contributed by atoms with E-state index in [0.29, 0.717) is 40.1 Å². The molecular weight excluding hydrogens is 494 g/mol. The van der Waals surface area contributed by atoms with Gasteiger partial charge in [0, 0.05) is 43.9 Å². The number of ether oxygens (including phenoxy) is 2. The van der Waals surface area contributed by atoms with Crippen LogP contribution < -0.4 is 15.6 Å². The second kappa shape index (κ2) is 10.2. The second-order valence-electron chi connectivity index (χ2n) is 8.57. The highest BCUT2D eigenvalue weighted by atomic mass is 35.5. The van der Waals surface area contributed by atoms with Gasteiger partial charge in [-0.1, -0.05) is 23.7 Å². The Morgan fingerprint density at radius 1 is 1.05 bits per heavy atom. The van der Waals surface area contributed by atoms with Crippen LogP contribution in [0.2, 0.25) is 5.02 Å². The lowest BCUT2D eigenvalue weighted by atomic mass is 10.3.